The van der Waals surface area contributed by atoms with E-state index in [9.17, 15) is 14.7 Å². The molecule has 2 aromatic carbocycles. The van der Waals surface area contributed by atoms with E-state index in [-0.39, 0.29) is 11.3 Å². The predicted molar refractivity (Wildman–Crippen MR) is 119 cm³/mol. The van der Waals surface area contributed by atoms with Crippen LogP contribution in [0.1, 0.15) is 42.5 Å². The van der Waals surface area contributed by atoms with Gasteiger partial charge in [0.1, 0.15) is 11.5 Å². The van der Waals surface area contributed by atoms with Crippen molar-refractivity contribution in [1.82, 2.24) is 4.90 Å². The van der Waals surface area contributed by atoms with Gasteiger partial charge in [0.25, 0.3) is 11.7 Å². The van der Waals surface area contributed by atoms with Crippen LogP contribution in [0.25, 0.3) is 5.76 Å². The van der Waals surface area contributed by atoms with Gasteiger partial charge in [-0.1, -0.05) is 48.9 Å². The number of hydrogen-bond acceptors (Lipinski definition) is 5. The number of aliphatic hydroxyl groups is 1. The van der Waals surface area contributed by atoms with E-state index in [4.69, 9.17) is 9.47 Å². The summed E-state index contributed by atoms with van der Waals surface area (Å²) >= 11 is 0. The average molecular weight is 424 g/mol. The van der Waals surface area contributed by atoms with Crippen molar-refractivity contribution < 1.29 is 24.2 Å². The Labute approximate surface area is 183 Å². The number of carbonyl (C=O) groups is 2. The predicted octanol–water partition coefficient (Wildman–Crippen LogP) is 4.24. The van der Waals surface area contributed by atoms with Gasteiger partial charge in [-0.25, -0.2) is 0 Å². The Morgan fingerprint density at radius 1 is 1.10 bits per heavy atom. The molecule has 1 unspecified atom stereocenters. The van der Waals surface area contributed by atoms with Gasteiger partial charge in [0, 0.05) is 25.8 Å². The summed E-state index contributed by atoms with van der Waals surface area (Å²) in [7, 11) is 1.60. The molecular formula is C25H29NO5. The van der Waals surface area contributed by atoms with E-state index in [0.717, 1.165) is 17.5 Å². The Balaban J connectivity index is 2.08. The van der Waals surface area contributed by atoms with Gasteiger partial charge in [-0.05, 0) is 37.5 Å². The Bertz CT molecular complexity index is 981. The molecule has 0 bridgehead atoms. The number of ether oxygens (including phenoxy) is 2. The highest BCUT2D eigenvalue weighted by molar-refractivity contribution is 6.46. The molecule has 0 aliphatic carbocycles. The summed E-state index contributed by atoms with van der Waals surface area (Å²) in [5.41, 5.74) is 2.34. The fourth-order valence-corrected chi connectivity index (χ4v) is 3.79. The van der Waals surface area contributed by atoms with E-state index in [0.29, 0.717) is 37.5 Å². The molecule has 1 amide bonds. The van der Waals surface area contributed by atoms with Crippen LogP contribution in [0.3, 0.4) is 0 Å². The minimum Gasteiger partial charge on any atom is -0.507 e. The maximum Gasteiger partial charge on any atom is 0.295 e. The molecule has 0 radical (unpaired) electrons. The SMILES string of the molecule is CCCOc1cccc(/C(O)=C2/C(=O)C(=O)N(CCCOC)C2c2cccc(C)c2)c1. The highest BCUT2D eigenvalue weighted by Crippen LogP contribution is 2.40. The summed E-state index contributed by atoms with van der Waals surface area (Å²) in [6, 6.07) is 14.0. The smallest absolute Gasteiger partial charge is 0.295 e. The molecular weight excluding hydrogens is 394 g/mol. The van der Waals surface area contributed by atoms with Crippen LogP contribution in [0.5, 0.6) is 5.75 Å². The molecule has 3 rings (SSSR count). The molecule has 1 aliphatic heterocycles. The van der Waals surface area contributed by atoms with Crippen molar-refractivity contribution in [1.29, 1.82) is 0 Å². The minimum atomic E-state index is -0.679. The second-order valence-corrected chi connectivity index (χ2v) is 7.63. The molecule has 1 fully saturated rings. The van der Waals surface area contributed by atoms with E-state index in [1.165, 1.54) is 4.90 Å². The third-order valence-corrected chi connectivity index (χ3v) is 5.23. The van der Waals surface area contributed by atoms with Crippen molar-refractivity contribution in [2.75, 3.05) is 26.9 Å². The van der Waals surface area contributed by atoms with Crippen LogP contribution < -0.4 is 4.74 Å². The molecule has 1 aliphatic rings. The van der Waals surface area contributed by atoms with E-state index in [1.54, 1.807) is 31.4 Å². The van der Waals surface area contributed by atoms with Gasteiger partial charge in [-0.2, -0.15) is 0 Å². The number of nitrogens with zero attached hydrogens (tertiary/aromatic N) is 1. The molecule has 1 atom stereocenters. The van der Waals surface area contributed by atoms with Gasteiger partial charge < -0.3 is 19.5 Å². The topological polar surface area (TPSA) is 76.1 Å². The van der Waals surface area contributed by atoms with Crippen molar-refractivity contribution in [2.45, 2.75) is 32.7 Å². The standard InChI is InChI=1S/C25H29NO5/c1-4-13-31-20-11-6-10-19(16-20)23(27)21-22(18-9-5-8-17(2)15-18)26(12-7-14-30-3)25(29)24(21)28/h5-6,8-11,15-16,22,27H,4,7,12-14H2,1-3H3/b23-21-. The highest BCUT2D eigenvalue weighted by atomic mass is 16.5. The van der Waals surface area contributed by atoms with Gasteiger partial charge in [0.2, 0.25) is 0 Å². The number of benzene rings is 2. The largest absolute Gasteiger partial charge is 0.507 e. The quantitative estimate of drug-likeness (QED) is 0.283. The summed E-state index contributed by atoms with van der Waals surface area (Å²) in [6.45, 7) is 5.34. The molecule has 31 heavy (non-hydrogen) atoms. The maximum absolute atomic E-state index is 13.0. The third kappa shape index (κ3) is 4.97. The van der Waals surface area contributed by atoms with Crippen LogP contribution in [0, 0.1) is 6.92 Å². The number of aryl methyl sites for hydroxylation is 1. The molecule has 164 valence electrons. The lowest BCUT2D eigenvalue weighted by Crippen LogP contribution is -2.31. The fourth-order valence-electron chi connectivity index (χ4n) is 3.79. The Morgan fingerprint density at radius 2 is 1.87 bits per heavy atom. The van der Waals surface area contributed by atoms with E-state index in [1.807, 2.05) is 38.1 Å². The van der Waals surface area contributed by atoms with Gasteiger partial charge in [-0.3, -0.25) is 9.59 Å². The number of aliphatic hydroxyl groups excluding tert-OH is 1. The second-order valence-electron chi connectivity index (χ2n) is 7.63. The third-order valence-electron chi connectivity index (χ3n) is 5.23. The molecule has 1 N–H and O–H groups in total. The zero-order chi connectivity index (χ0) is 22.4. The number of amides is 1. The monoisotopic (exact) mass is 423 g/mol. The lowest BCUT2D eigenvalue weighted by Gasteiger charge is -2.25. The van der Waals surface area contributed by atoms with Crippen molar-refractivity contribution in [3.63, 3.8) is 0 Å². The molecule has 6 nitrogen and oxygen atoms in total. The number of Topliss-reactive ketones (excluding diaryl/α,β-unsaturated/α-hetero) is 1. The molecule has 2 aromatic rings. The normalized spacial score (nSPS) is 17.9. The highest BCUT2D eigenvalue weighted by Gasteiger charge is 2.45. The van der Waals surface area contributed by atoms with Gasteiger partial charge in [-0.15, -0.1) is 0 Å². The molecule has 1 saturated heterocycles. The Hall–Kier alpha value is -3.12. The van der Waals surface area contributed by atoms with E-state index >= 15 is 0 Å². The first-order chi connectivity index (χ1) is 15.0. The number of carbonyl (C=O) groups excluding carboxylic acids is 2. The van der Waals surface area contributed by atoms with Crippen molar-refractivity contribution >= 4 is 17.4 Å². The average Bonchev–Trinajstić information content (AvgIpc) is 3.02. The summed E-state index contributed by atoms with van der Waals surface area (Å²) in [5.74, 6) is -0.878. The second kappa shape index (κ2) is 10.3. The van der Waals surface area contributed by atoms with Gasteiger partial charge in [0.15, 0.2) is 0 Å². The Morgan fingerprint density at radius 3 is 2.58 bits per heavy atom. The van der Waals surface area contributed by atoms with Gasteiger partial charge in [0.05, 0.1) is 18.2 Å². The van der Waals surface area contributed by atoms with Crippen LogP contribution in [-0.2, 0) is 14.3 Å². The van der Waals surface area contributed by atoms with Crippen molar-refractivity contribution in [2.24, 2.45) is 0 Å². The molecule has 1 heterocycles. The first kappa shape index (κ1) is 22.6. The number of rotatable bonds is 9. The Kier molecular flexibility index (Phi) is 7.47. The van der Waals surface area contributed by atoms with Crippen LogP contribution in [0.2, 0.25) is 0 Å². The molecule has 0 spiro atoms. The lowest BCUT2D eigenvalue weighted by molar-refractivity contribution is -0.140. The fraction of sp³-hybridized carbons (Fsp3) is 0.360. The van der Waals surface area contributed by atoms with E-state index < -0.39 is 17.7 Å². The number of likely N-dealkylation sites (tertiary alicyclic amines) is 1. The van der Waals surface area contributed by atoms with Crippen LogP contribution in [0.4, 0.5) is 0 Å². The van der Waals surface area contributed by atoms with E-state index in [2.05, 4.69) is 0 Å². The maximum atomic E-state index is 13.0. The van der Waals surface area contributed by atoms with Crippen molar-refractivity contribution in [3.8, 4) is 5.75 Å². The molecule has 6 heteroatoms. The molecule has 0 aromatic heterocycles. The zero-order valence-electron chi connectivity index (χ0n) is 18.3. The number of hydrogen-bond donors (Lipinski definition) is 1. The summed E-state index contributed by atoms with van der Waals surface area (Å²) in [5, 5.41) is 11.1. The summed E-state index contributed by atoms with van der Waals surface area (Å²) in [4.78, 5) is 27.4. The summed E-state index contributed by atoms with van der Waals surface area (Å²) in [6.07, 6.45) is 1.45. The first-order valence-electron chi connectivity index (χ1n) is 10.5. The van der Waals surface area contributed by atoms with Crippen LogP contribution in [0.15, 0.2) is 54.1 Å². The minimum absolute atomic E-state index is 0.0978. The summed E-state index contributed by atoms with van der Waals surface area (Å²) < 4.78 is 10.8. The number of methoxy groups -OCH3 is 1. The van der Waals surface area contributed by atoms with Gasteiger partial charge >= 0.3 is 0 Å². The number of ketones is 1. The first-order valence-corrected chi connectivity index (χ1v) is 10.5. The lowest BCUT2D eigenvalue weighted by atomic mass is 9.94. The van der Waals surface area contributed by atoms with Crippen LogP contribution in [-0.4, -0.2) is 48.6 Å². The molecule has 0 saturated carbocycles. The van der Waals surface area contributed by atoms with Crippen LogP contribution >= 0.6 is 0 Å². The van der Waals surface area contributed by atoms with Crippen molar-refractivity contribution in [3.05, 3.63) is 70.8 Å². The zero-order valence-corrected chi connectivity index (χ0v) is 18.3.